The van der Waals surface area contributed by atoms with E-state index in [1.807, 2.05) is 44.2 Å². The maximum atomic E-state index is 13.1. The van der Waals surface area contributed by atoms with Crippen molar-refractivity contribution in [2.24, 2.45) is 0 Å². The lowest BCUT2D eigenvalue weighted by Gasteiger charge is -2.29. The van der Waals surface area contributed by atoms with E-state index < -0.39 is 0 Å². The van der Waals surface area contributed by atoms with Crippen LogP contribution in [0, 0.1) is 0 Å². The summed E-state index contributed by atoms with van der Waals surface area (Å²) in [4.78, 5) is 32.2. The topological polar surface area (TPSA) is 130 Å². The van der Waals surface area contributed by atoms with Crippen LogP contribution in [0.5, 0.6) is 16.6 Å². The van der Waals surface area contributed by atoms with Gasteiger partial charge in [0, 0.05) is 60.3 Å². The number of anilines is 2. The Kier molecular flexibility index (Phi) is 10.8. The van der Waals surface area contributed by atoms with Gasteiger partial charge in [-0.2, -0.15) is 0 Å². The van der Waals surface area contributed by atoms with Crippen molar-refractivity contribution in [1.29, 1.82) is 0 Å². The first kappa shape index (κ1) is 34.0. The summed E-state index contributed by atoms with van der Waals surface area (Å²) in [6, 6.07) is 20.8. The number of para-hydroxylation sites is 1. The first-order valence-corrected chi connectivity index (χ1v) is 17.5. The minimum Gasteiger partial charge on any atom is -0.493 e. The van der Waals surface area contributed by atoms with E-state index >= 15 is 0 Å². The number of piperidine rings is 1. The second kappa shape index (κ2) is 15.5. The average Bonchev–Trinajstić information content (AvgIpc) is 3.72. The molecule has 0 bridgehead atoms. The number of carbonyl (C=O) groups excluding carboxylic acids is 2. The van der Waals surface area contributed by atoms with Crippen LogP contribution in [0.25, 0.3) is 16.6 Å². The Hall–Kier alpha value is -4.91. The van der Waals surface area contributed by atoms with Crippen LogP contribution in [-0.2, 0) is 6.54 Å². The number of aliphatic hydroxyl groups excluding tert-OH is 1. The number of hydrogen-bond acceptors (Lipinski definition) is 8. The molecule has 49 heavy (non-hydrogen) atoms. The fraction of sp³-hybridized carbons (Fsp3) is 0.324. The third kappa shape index (κ3) is 8.22. The number of nitrogens with zero attached hydrogens (tertiary/aromatic N) is 3. The Morgan fingerprint density at radius 3 is 2.49 bits per heavy atom. The Morgan fingerprint density at radius 2 is 1.76 bits per heavy atom. The highest BCUT2D eigenvalue weighted by Gasteiger charge is 2.20. The number of methoxy groups -OCH3 is 1. The molecule has 11 nitrogen and oxygen atoms in total. The van der Waals surface area contributed by atoms with Gasteiger partial charge in [-0.3, -0.25) is 15.0 Å². The van der Waals surface area contributed by atoms with E-state index in [0.717, 1.165) is 56.5 Å². The number of nitrogens with one attached hydrogen (secondary N) is 3. The summed E-state index contributed by atoms with van der Waals surface area (Å²) in [6.07, 6.45) is 6.83. The summed E-state index contributed by atoms with van der Waals surface area (Å²) in [5.41, 5.74) is 4.37. The fourth-order valence-corrected chi connectivity index (χ4v) is 6.68. The molecule has 256 valence electrons. The predicted molar refractivity (Wildman–Crippen MR) is 193 cm³/mol. The molecule has 3 aromatic carbocycles. The minimum atomic E-state index is -0.280. The number of urea groups is 1. The molecular weight excluding hydrogens is 641 g/mol. The molecule has 5 aromatic rings. The number of hydrogen-bond donors (Lipinski definition) is 4. The van der Waals surface area contributed by atoms with Crippen molar-refractivity contribution in [3.63, 3.8) is 0 Å². The second-order valence-electron chi connectivity index (χ2n) is 12.1. The Labute approximate surface area is 289 Å². The number of benzene rings is 3. The number of amides is 3. The van der Waals surface area contributed by atoms with Crippen molar-refractivity contribution in [2.75, 3.05) is 30.8 Å². The first-order valence-electron chi connectivity index (χ1n) is 16.6. The molecule has 4 N–H and O–H groups in total. The quantitative estimate of drug-likeness (QED) is 0.108. The van der Waals surface area contributed by atoms with Gasteiger partial charge in [-0.25, -0.2) is 9.78 Å². The van der Waals surface area contributed by atoms with Gasteiger partial charge in [0.15, 0.2) is 16.6 Å². The van der Waals surface area contributed by atoms with Crippen LogP contribution in [0.1, 0.15) is 55.5 Å². The molecule has 3 amide bonds. The molecule has 12 heteroatoms. The lowest BCUT2D eigenvalue weighted by Crippen LogP contribution is -2.37. The van der Waals surface area contributed by atoms with Crippen LogP contribution in [-0.4, -0.2) is 63.8 Å². The number of carbonyl (C=O) groups is 2. The van der Waals surface area contributed by atoms with Gasteiger partial charge in [0.2, 0.25) is 5.06 Å². The number of fused-ring (bicyclic) bond motifs is 1. The first-order chi connectivity index (χ1) is 23.8. The van der Waals surface area contributed by atoms with Crippen LogP contribution in [0.4, 0.5) is 15.6 Å². The van der Waals surface area contributed by atoms with Crippen LogP contribution in [0.15, 0.2) is 79.1 Å². The van der Waals surface area contributed by atoms with E-state index in [1.165, 1.54) is 29.4 Å². The van der Waals surface area contributed by atoms with Crippen molar-refractivity contribution >= 4 is 45.0 Å². The van der Waals surface area contributed by atoms with E-state index in [9.17, 15) is 14.7 Å². The highest BCUT2D eigenvalue weighted by Crippen LogP contribution is 2.37. The van der Waals surface area contributed by atoms with Crippen molar-refractivity contribution < 1.29 is 24.2 Å². The maximum Gasteiger partial charge on any atom is 0.319 e. The summed E-state index contributed by atoms with van der Waals surface area (Å²) in [5.74, 6) is 0.603. The smallest absolute Gasteiger partial charge is 0.319 e. The van der Waals surface area contributed by atoms with Crippen LogP contribution < -0.4 is 25.4 Å². The van der Waals surface area contributed by atoms with Gasteiger partial charge in [-0.05, 0) is 73.7 Å². The van der Waals surface area contributed by atoms with Gasteiger partial charge in [0.1, 0.15) is 0 Å². The zero-order chi connectivity index (χ0) is 34.3. The third-order valence-electron chi connectivity index (χ3n) is 8.81. The van der Waals surface area contributed by atoms with E-state index in [-0.39, 0.29) is 24.1 Å². The summed E-state index contributed by atoms with van der Waals surface area (Å²) >= 11 is 1.19. The fourth-order valence-electron chi connectivity index (χ4n) is 6.00. The molecule has 1 aliphatic rings. The summed E-state index contributed by atoms with van der Waals surface area (Å²) in [6.45, 7) is 6.66. The number of thiazole rings is 1. The van der Waals surface area contributed by atoms with Crippen LogP contribution >= 0.6 is 11.3 Å². The molecule has 0 unspecified atom stereocenters. The average molecular weight is 683 g/mol. The molecule has 1 saturated heterocycles. The van der Waals surface area contributed by atoms with E-state index in [2.05, 4.69) is 54.8 Å². The summed E-state index contributed by atoms with van der Waals surface area (Å²) < 4.78 is 13.7. The SMILES string of the molecule is CCC(CC)NC(=O)Nc1ccc(Oc2cnc(NC(=O)c3ccc(-n4cc(CN5CCC(O)CC5)c5ccccc54)cc3)s2)c(OC)c1. The third-order valence-corrected chi connectivity index (χ3v) is 9.60. The number of aliphatic hydroxyl groups is 1. The normalized spacial score (nSPS) is 13.8. The molecule has 1 aliphatic heterocycles. The van der Waals surface area contributed by atoms with Gasteiger partial charge in [0.25, 0.3) is 5.91 Å². The molecule has 1 fully saturated rings. The lowest BCUT2D eigenvalue weighted by atomic mass is 10.1. The summed E-state index contributed by atoms with van der Waals surface area (Å²) in [5, 5.41) is 20.6. The van der Waals surface area contributed by atoms with Crippen LogP contribution in [0.2, 0.25) is 0 Å². The molecular formula is C37H42N6O5S. The molecule has 2 aromatic heterocycles. The largest absolute Gasteiger partial charge is 0.493 e. The Morgan fingerprint density at radius 1 is 1.00 bits per heavy atom. The minimum absolute atomic E-state index is 0.108. The second-order valence-corrected chi connectivity index (χ2v) is 13.1. The number of ether oxygens (including phenoxy) is 2. The van der Waals surface area contributed by atoms with Crippen LogP contribution in [0.3, 0.4) is 0 Å². The Balaban J connectivity index is 1.09. The molecule has 0 spiro atoms. The van der Waals surface area contributed by atoms with Crippen molar-refractivity contribution in [1.82, 2.24) is 19.8 Å². The zero-order valence-corrected chi connectivity index (χ0v) is 28.8. The van der Waals surface area contributed by atoms with Gasteiger partial charge in [-0.1, -0.05) is 43.4 Å². The van der Waals surface area contributed by atoms with Gasteiger partial charge < -0.3 is 29.8 Å². The van der Waals surface area contributed by atoms with Gasteiger partial charge >= 0.3 is 6.03 Å². The van der Waals surface area contributed by atoms with Crippen molar-refractivity contribution in [2.45, 2.75) is 58.2 Å². The zero-order valence-electron chi connectivity index (χ0n) is 27.9. The monoisotopic (exact) mass is 682 g/mol. The number of rotatable bonds is 12. The van der Waals surface area contributed by atoms with E-state index in [1.54, 1.807) is 24.4 Å². The van der Waals surface area contributed by atoms with E-state index in [4.69, 9.17) is 9.47 Å². The van der Waals surface area contributed by atoms with Crippen molar-refractivity contribution in [3.8, 4) is 22.2 Å². The molecule has 0 radical (unpaired) electrons. The van der Waals surface area contributed by atoms with Crippen molar-refractivity contribution in [3.05, 3.63) is 90.3 Å². The number of aromatic nitrogens is 2. The highest BCUT2D eigenvalue weighted by molar-refractivity contribution is 7.17. The standard InChI is InChI=1S/C37H42N6O5S/c1-4-26(5-2)39-36(46)40-27-12-15-32(33(20-27)47-3)48-34-21-38-37(49-34)41-35(45)24-10-13-28(14-11-24)43-23-25(30-8-6-7-9-31(30)43)22-42-18-16-29(44)17-19-42/h6-15,20-21,23,26,29,44H,4-5,16-19,22H2,1-3H3,(H,38,41,45)(H2,39,40,46). The predicted octanol–water partition coefficient (Wildman–Crippen LogP) is 7.41. The number of likely N-dealkylation sites (tertiary alicyclic amines) is 1. The molecule has 0 aliphatic carbocycles. The maximum absolute atomic E-state index is 13.1. The lowest BCUT2D eigenvalue weighted by molar-refractivity contribution is 0.0794. The highest BCUT2D eigenvalue weighted by atomic mass is 32.1. The molecule has 6 rings (SSSR count). The Bertz CT molecular complexity index is 1890. The molecule has 3 heterocycles. The van der Waals surface area contributed by atoms with E-state index in [0.29, 0.717) is 32.9 Å². The van der Waals surface area contributed by atoms with Gasteiger partial charge in [-0.15, -0.1) is 0 Å². The summed E-state index contributed by atoms with van der Waals surface area (Å²) in [7, 11) is 1.53. The van der Waals surface area contributed by atoms with Gasteiger partial charge in [0.05, 0.1) is 24.9 Å². The molecule has 0 saturated carbocycles. The molecule has 0 atom stereocenters.